The van der Waals surface area contributed by atoms with Gasteiger partial charge in [0.1, 0.15) is 0 Å². The summed E-state index contributed by atoms with van der Waals surface area (Å²) in [6.45, 7) is 4.16. The van der Waals surface area contributed by atoms with Gasteiger partial charge in [-0.2, -0.15) is 0 Å². The second-order valence-corrected chi connectivity index (χ2v) is 4.27. The first-order chi connectivity index (χ1) is 7.63. The Bertz CT molecular complexity index is 256. The molecule has 1 aliphatic heterocycles. The number of carbonyl (C=O) groups excluding carboxylic acids is 1. The fourth-order valence-corrected chi connectivity index (χ4v) is 1.92. The van der Waals surface area contributed by atoms with Gasteiger partial charge >= 0.3 is 12.0 Å². The van der Waals surface area contributed by atoms with E-state index in [9.17, 15) is 9.59 Å². The van der Waals surface area contributed by atoms with Gasteiger partial charge in [-0.25, -0.2) is 4.79 Å². The predicted octanol–water partition coefficient (Wildman–Crippen LogP) is 1.29. The second-order valence-electron chi connectivity index (χ2n) is 4.27. The molecule has 1 saturated heterocycles. The fraction of sp³-hybridized carbons (Fsp3) is 0.818. The summed E-state index contributed by atoms with van der Waals surface area (Å²) >= 11 is 0. The van der Waals surface area contributed by atoms with E-state index in [1.807, 2.05) is 6.92 Å². The number of rotatable bonds is 5. The van der Waals surface area contributed by atoms with E-state index in [1.54, 1.807) is 4.90 Å². The number of carbonyl (C=O) groups is 2. The lowest BCUT2D eigenvalue weighted by atomic mass is 10.0. The van der Waals surface area contributed by atoms with Crippen molar-refractivity contribution in [2.45, 2.75) is 32.6 Å². The van der Waals surface area contributed by atoms with Crippen LogP contribution in [0.25, 0.3) is 0 Å². The van der Waals surface area contributed by atoms with Crippen LogP contribution in [0.4, 0.5) is 4.79 Å². The lowest BCUT2D eigenvalue weighted by molar-refractivity contribution is -0.137. The number of likely N-dealkylation sites (tertiary alicyclic amines) is 1. The maximum atomic E-state index is 11.6. The number of nitrogens with zero attached hydrogens (tertiary/aromatic N) is 1. The Balaban J connectivity index is 2.23. The third-order valence-corrected chi connectivity index (χ3v) is 2.87. The SMILES string of the molecule is CCCNC(=O)N1CCC(CCC(=O)O)C1. The van der Waals surface area contributed by atoms with Crippen LogP contribution in [0.2, 0.25) is 0 Å². The molecule has 1 heterocycles. The molecule has 0 aromatic carbocycles. The van der Waals surface area contributed by atoms with E-state index in [1.165, 1.54) is 0 Å². The molecule has 1 atom stereocenters. The Morgan fingerprint density at radius 2 is 2.25 bits per heavy atom. The van der Waals surface area contributed by atoms with Gasteiger partial charge in [0.15, 0.2) is 0 Å². The van der Waals surface area contributed by atoms with Crippen molar-refractivity contribution in [1.29, 1.82) is 0 Å². The first-order valence-corrected chi connectivity index (χ1v) is 5.88. The zero-order valence-corrected chi connectivity index (χ0v) is 9.74. The van der Waals surface area contributed by atoms with Crippen LogP contribution in [0.3, 0.4) is 0 Å². The predicted molar refractivity (Wildman–Crippen MR) is 60.2 cm³/mol. The van der Waals surface area contributed by atoms with Gasteiger partial charge in [-0.1, -0.05) is 6.92 Å². The van der Waals surface area contributed by atoms with E-state index in [0.717, 1.165) is 19.4 Å². The molecule has 0 saturated carbocycles. The molecular formula is C11H20N2O3. The highest BCUT2D eigenvalue weighted by Crippen LogP contribution is 2.20. The molecule has 1 fully saturated rings. The van der Waals surface area contributed by atoms with Gasteiger partial charge in [0.2, 0.25) is 0 Å². The topological polar surface area (TPSA) is 69.6 Å². The number of amides is 2. The Morgan fingerprint density at radius 1 is 1.50 bits per heavy atom. The summed E-state index contributed by atoms with van der Waals surface area (Å²) in [5.41, 5.74) is 0. The minimum Gasteiger partial charge on any atom is -0.481 e. The number of aliphatic carboxylic acids is 1. The number of nitrogens with one attached hydrogen (secondary N) is 1. The molecule has 0 aromatic heterocycles. The van der Waals surface area contributed by atoms with Crippen LogP contribution >= 0.6 is 0 Å². The van der Waals surface area contributed by atoms with Crippen molar-refractivity contribution >= 4 is 12.0 Å². The summed E-state index contributed by atoms with van der Waals surface area (Å²) in [4.78, 5) is 23.8. The summed E-state index contributed by atoms with van der Waals surface area (Å²) in [6, 6.07) is -0.0142. The van der Waals surface area contributed by atoms with Gasteiger partial charge in [-0.05, 0) is 25.2 Å². The summed E-state index contributed by atoms with van der Waals surface area (Å²) in [6.07, 6.45) is 2.73. The molecule has 1 aliphatic rings. The van der Waals surface area contributed by atoms with Gasteiger partial charge in [0.05, 0.1) is 0 Å². The number of hydrogen-bond donors (Lipinski definition) is 2. The minimum atomic E-state index is -0.756. The third-order valence-electron chi connectivity index (χ3n) is 2.87. The van der Waals surface area contributed by atoms with Crippen LogP contribution in [-0.4, -0.2) is 41.6 Å². The molecule has 2 amide bonds. The summed E-state index contributed by atoms with van der Waals surface area (Å²) in [5.74, 6) is -0.405. The van der Waals surface area contributed by atoms with Crippen LogP contribution < -0.4 is 5.32 Å². The van der Waals surface area contributed by atoms with E-state index < -0.39 is 5.97 Å². The molecule has 92 valence electrons. The molecular weight excluding hydrogens is 208 g/mol. The molecule has 0 bridgehead atoms. The van der Waals surface area contributed by atoms with Crippen LogP contribution in [0, 0.1) is 5.92 Å². The molecule has 0 radical (unpaired) electrons. The van der Waals surface area contributed by atoms with E-state index in [2.05, 4.69) is 5.32 Å². The van der Waals surface area contributed by atoms with Gasteiger partial charge in [0, 0.05) is 26.1 Å². The summed E-state index contributed by atoms with van der Waals surface area (Å²) in [5, 5.41) is 11.4. The van der Waals surface area contributed by atoms with Gasteiger partial charge in [-0.15, -0.1) is 0 Å². The molecule has 2 N–H and O–H groups in total. The van der Waals surface area contributed by atoms with Crippen LogP contribution in [-0.2, 0) is 4.79 Å². The van der Waals surface area contributed by atoms with E-state index in [4.69, 9.17) is 5.11 Å². The first-order valence-electron chi connectivity index (χ1n) is 5.88. The molecule has 1 rings (SSSR count). The lowest BCUT2D eigenvalue weighted by Gasteiger charge is -2.16. The zero-order chi connectivity index (χ0) is 12.0. The largest absolute Gasteiger partial charge is 0.481 e. The van der Waals surface area contributed by atoms with E-state index >= 15 is 0 Å². The second kappa shape index (κ2) is 6.35. The fourth-order valence-electron chi connectivity index (χ4n) is 1.92. The van der Waals surface area contributed by atoms with Crippen LogP contribution in [0.15, 0.2) is 0 Å². The van der Waals surface area contributed by atoms with Crippen LogP contribution in [0.5, 0.6) is 0 Å². The van der Waals surface area contributed by atoms with Crippen molar-refractivity contribution in [2.24, 2.45) is 5.92 Å². The van der Waals surface area contributed by atoms with Crippen molar-refractivity contribution in [3.05, 3.63) is 0 Å². The maximum absolute atomic E-state index is 11.6. The lowest BCUT2D eigenvalue weighted by Crippen LogP contribution is -2.38. The van der Waals surface area contributed by atoms with Gasteiger partial charge in [0.25, 0.3) is 0 Å². The molecule has 1 unspecified atom stereocenters. The number of hydrogen-bond acceptors (Lipinski definition) is 2. The summed E-state index contributed by atoms with van der Waals surface area (Å²) in [7, 11) is 0. The zero-order valence-electron chi connectivity index (χ0n) is 9.74. The Labute approximate surface area is 95.8 Å². The standard InChI is InChI=1S/C11H20N2O3/c1-2-6-12-11(16)13-7-5-9(8-13)3-4-10(14)15/h9H,2-8H2,1H3,(H,12,16)(H,14,15). The average molecular weight is 228 g/mol. The molecule has 5 heteroatoms. The molecule has 16 heavy (non-hydrogen) atoms. The highest BCUT2D eigenvalue weighted by Gasteiger charge is 2.25. The maximum Gasteiger partial charge on any atom is 0.317 e. The molecule has 0 aromatic rings. The number of carboxylic acid groups (broad SMARTS) is 1. The highest BCUT2D eigenvalue weighted by molar-refractivity contribution is 5.74. The molecule has 0 aliphatic carbocycles. The first kappa shape index (κ1) is 12.8. The Hall–Kier alpha value is -1.26. The monoisotopic (exact) mass is 228 g/mol. The van der Waals surface area contributed by atoms with Crippen LogP contribution in [0.1, 0.15) is 32.6 Å². The Kier molecular flexibility index (Phi) is 5.08. The van der Waals surface area contributed by atoms with E-state index in [-0.39, 0.29) is 12.5 Å². The van der Waals surface area contributed by atoms with Crippen molar-refractivity contribution < 1.29 is 14.7 Å². The minimum absolute atomic E-state index is 0.0142. The smallest absolute Gasteiger partial charge is 0.317 e. The van der Waals surface area contributed by atoms with Crippen molar-refractivity contribution in [1.82, 2.24) is 10.2 Å². The van der Waals surface area contributed by atoms with Gasteiger partial charge in [-0.3, -0.25) is 4.79 Å². The quantitative estimate of drug-likeness (QED) is 0.745. The number of urea groups is 1. The molecule has 5 nitrogen and oxygen atoms in total. The number of carboxylic acids is 1. The Morgan fingerprint density at radius 3 is 2.88 bits per heavy atom. The highest BCUT2D eigenvalue weighted by atomic mass is 16.4. The average Bonchev–Trinajstić information content (AvgIpc) is 2.71. The molecule has 0 spiro atoms. The normalized spacial score (nSPS) is 19.8. The van der Waals surface area contributed by atoms with Crippen molar-refractivity contribution in [2.75, 3.05) is 19.6 Å². The van der Waals surface area contributed by atoms with Crippen molar-refractivity contribution in [3.8, 4) is 0 Å². The van der Waals surface area contributed by atoms with Crippen molar-refractivity contribution in [3.63, 3.8) is 0 Å². The van der Waals surface area contributed by atoms with E-state index in [0.29, 0.717) is 25.4 Å². The summed E-state index contributed by atoms with van der Waals surface area (Å²) < 4.78 is 0. The van der Waals surface area contributed by atoms with Gasteiger partial charge < -0.3 is 15.3 Å². The third kappa shape index (κ3) is 4.08.